The Hall–Kier alpha value is -4.03. The molecule has 2 aliphatic rings. The van der Waals surface area contributed by atoms with Gasteiger partial charge in [0.05, 0.1) is 26.4 Å². The molecule has 3 atom stereocenters. The largest absolute Gasteiger partial charge is 0.461 e. The second kappa shape index (κ2) is 20.4. The summed E-state index contributed by atoms with van der Waals surface area (Å²) in [6.45, 7) is 1.28. The highest BCUT2D eigenvalue weighted by molar-refractivity contribution is 8.00. The maximum atomic E-state index is 13.2. The van der Waals surface area contributed by atoms with Crippen LogP contribution >= 0.6 is 11.8 Å². The summed E-state index contributed by atoms with van der Waals surface area (Å²) >= 11 is 1.29. The number of thioether (sulfide) groups is 1. The van der Waals surface area contributed by atoms with E-state index >= 15 is 0 Å². The van der Waals surface area contributed by atoms with Crippen molar-refractivity contribution in [2.45, 2.75) is 43.6 Å². The van der Waals surface area contributed by atoms with E-state index in [1.807, 2.05) is 0 Å². The van der Waals surface area contributed by atoms with Crippen LogP contribution in [0.2, 0.25) is 0 Å². The zero-order valence-electron chi connectivity index (χ0n) is 27.1. The molecule has 1 aromatic rings. The van der Waals surface area contributed by atoms with Gasteiger partial charge in [-0.15, -0.1) is 11.8 Å². The molecule has 1 saturated heterocycles. The Morgan fingerprint density at radius 3 is 2.25 bits per heavy atom. The monoisotopic (exact) mass is 695 g/mol. The molecule has 3 amide bonds. The minimum atomic E-state index is -1.07. The normalized spacial score (nSPS) is 17.5. The molecule has 48 heavy (non-hydrogen) atoms. The van der Waals surface area contributed by atoms with Gasteiger partial charge in [0.15, 0.2) is 13.6 Å². The Bertz CT molecular complexity index is 1310. The molecular weight excluding hydrogens is 654 g/mol. The quantitative estimate of drug-likeness (QED) is 0.0594. The van der Waals surface area contributed by atoms with Gasteiger partial charge in [-0.3, -0.25) is 24.1 Å². The molecule has 3 rings (SSSR count). The SMILES string of the molecule is COCCOCOC(=O)C1=C(COC(C)=O)CSC2C(NC(=O)CCCC(NC(=O)c3ccccc3)C(=O)OCOCCOC)C(=O)N12. The number of carbonyl (C=O) groups excluding carboxylic acids is 6. The second-order valence-electron chi connectivity index (χ2n) is 10.4. The molecule has 0 radical (unpaired) electrons. The molecule has 264 valence electrons. The summed E-state index contributed by atoms with van der Waals surface area (Å²) in [5.41, 5.74) is 0.660. The standard InChI is InChI=1S/C31H41N3O13S/c1-20(35)45-16-22-17-48-29-25(28(38)34(29)26(22)31(40)47-19-44-15-13-42-3)33-24(36)11-7-10-23(30(39)46-18-43-14-12-41-2)32-27(37)21-8-5-4-6-9-21/h4-6,8-9,23,25,29H,7,10-19H2,1-3H3,(H,32,37)(H,33,36). The highest BCUT2D eigenvalue weighted by atomic mass is 32.2. The van der Waals surface area contributed by atoms with Crippen molar-refractivity contribution in [3.63, 3.8) is 0 Å². The fraction of sp³-hybridized carbons (Fsp3) is 0.548. The predicted molar refractivity (Wildman–Crippen MR) is 168 cm³/mol. The van der Waals surface area contributed by atoms with Crippen molar-refractivity contribution in [1.29, 1.82) is 0 Å². The van der Waals surface area contributed by atoms with Gasteiger partial charge in [-0.05, 0) is 25.0 Å². The van der Waals surface area contributed by atoms with E-state index < -0.39 is 53.1 Å². The van der Waals surface area contributed by atoms with Gasteiger partial charge in [-0.2, -0.15) is 0 Å². The van der Waals surface area contributed by atoms with Crippen LogP contribution in [0.25, 0.3) is 0 Å². The molecule has 17 heteroatoms. The number of β-lactam (4-membered cyclic amide) rings is 1. The van der Waals surface area contributed by atoms with Gasteiger partial charge in [-0.25, -0.2) is 9.59 Å². The van der Waals surface area contributed by atoms with Crippen molar-refractivity contribution in [1.82, 2.24) is 15.5 Å². The van der Waals surface area contributed by atoms with Gasteiger partial charge >= 0.3 is 17.9 Å². The molecule has 0 saturated carbocycles. The van der Waals surface area contributed by atoms with Crippen LogP contribution in [0.3, 0.4) is 0 Å². The first kappa shape index (κ1) is 38.4. The van der Waals surface area contributed by atoms with Crippen LogP contribution in [-0.2, 0) is 57.1 Å². The van der Waals surface area contributed by atoms with E-state index in [2.05, 4.69) is 10.6 Å². The van der Waals surface area contributed by atoms with Crippen LogP contribution in [0.4, 0.5) is 0 Å². The van der Waals surface area contributed by atoms with Crippen LogP contribution in [0.5, 0.6) is 0 Å². The molecule has 0 spiro atoms. The molecule has 0 aliphatic carbocycles. The topological polar surface area (TPSA) is 194 Å². The molecule has 1 fully saturated rings. The molecular formula is C31H41N3O13S. The number of nitrogens with one attached hydrogen (secondary N) is 2. The maximum Gasteiger partial charge on any atom is 0.357 e. The van der Waals surface area contributed by atoms with E-state index in [4.69, 9.17) is 33.2 Å². The number of hydrogen-bond donors (Lipinski definition) is 2. The minimum absolute atomic E-state index is 0.0625. The number of nitrogens with zero attached hydrogens (tertiary/aromatic N) is 1. The van der Waals surface area contributed by atoms with E-state index in [9.17, 15) is 28.8 Å². The van der Waals surface area contributed by atoms with Crippen molar-refractivity contribution in [3.05, 3.63) is 47.2 Å². The lowest BCUT2D eigenvalue weighted by molar-refractivity contribution is -0.161. The summed E-state index contributed by atoms with van der Waals surface area (Å²) < 4.78 is 35.5. The number of rotatable bonds is 21. The van der Waals surface area contributed by atoms with Gasteiger partial charge < -0.3 is 43.8 Å². The number of carbonyl (C=O) groups is 6. The summed E-state index contributed by atoms with van der Waals surface area (Å²) in [4.78, 5) is 77.3. The fourth-order valence-corrected chi connectivity index (χ4v) is 5.86. The Labute approximate surface area is 282 Å². The van der Waals surface area contributed by atoms with Crippen molar-refractivity contribution in [2.75, 3.05) is 66.6 Å². The average Bonchev–Trinajstić information content (AvgIpc) is 3.08. The fourth-order valence-electron chi connectivity index (χ4n) is 4.53. The van der Waals surface area contributed by atoms with Gasteiger partial charge in [-0.1, -0.05) is 18.2 Å². The third kappa shape index (κ3) is 11.6. The molecule has 1 aromatic carbocycles. The first-order valence-corrected chi connectivity index (χ1v) is 16.1. The van der Waals surface area contributed by atoms with E-state index in [1.165, 1.54) is 37.8 Å². The van der Waals surface area contributed by atoms with Gasteiger partial charge in [0, 0.05) is 44.5 Å². The molecule has 2 heterocycles. The van der Waals surface area contributed by atoms with Crippen LogP contribution in [0.15, 0.2) is 41.6 Å². The van der Waals surface area contributed by atoms with E-state index in [1.54, 1.807) is 30.3 Å². The Kier molecular flexibility index (Phi) is 16.3. The maximum absolute atomic E-state index is 13.2. The summed E-state index contributed by atoms with van der Waals surface area (Å²) in [5, 5.41) is 4.73. The van der Waals surface area contributed by atoms with Crippen LogP contribution in [0.1, 0.15) is 36.5 Å². The van der Waals surface area contributed by atoms with Gasteiger partial charge in [0.1, 0.15) is 29.8 Å². The Morgan fingerprint density at radius 1 is 0.938 bits per heavy atom. The second-order valence-corrected chi connectivity index (χ2v) is 11.5. The van der Waals surface area contributed by atoms with Crippen LogP contribution < -0.4 is 10.6 Å². The van der Waals surface area contributed by atoms with Crippen LogP contribution in [0, 0.1) is 0 Å². The summed E-state index contributed by atoms with van der Waals surface area (Å²) in [5.74, 6) is -3.40. The first-order chi connectivity index (χ1) is 23.2. The lowest BCUT2D eigenvalue weighted by Gasteiger charge is -2.49. The number of benzene rings is 1. The van der Waals surface area contributed by atoms with Crippen molar-refractivity contribution in [2.24, 2.45) is 0 Å². The Balaban J connectivity index is 1.57. The van der Waals surface area contributed by atoms with Crippen molar-refractivity contribution in [3.8, 4) is 0 Å². The number of methoxy groups -OCH3 is 2. The zero-order valence-corrected chi connectivity index (χ0v) is 27.9. The third-order valence-corrected chi connectivity index (χ3v) is 8.29. The molecule has 2 aliphatic heterocycles. The van der Waals surface area contributed by atoms with E-state index in [0.29, 0.717) is 24.4 Å². The predicted octanol–water partition coefficient (Wildman–Crippen LogP) is 0.500. The summed E-state index contributed by atoms with van der Waals surface area (Å²) in [7, 11) is 3.00. The average molecular weight is 696 g/mol. The Morgan fingerprint density at radius 2 is 1.60 bits per heavy atom. The van der Waals surface area contributed by atoms with E-state index in [0.717, 1.165) is 0 Å². The number of amides is 3. The molecule has 2 N–H and O–H groups in total. The molecule has 3 unspecified atom stereocenters. The smallest absolute Gasteiger partial charge is 0.357 e. The summed E-state index contributed by atoms with van der Waals surface area (Å²) in [6, 6.07) is 6.31. The number of ether oxygens (including phenoxy) is 7. The van der Waals surface area contributed by atoms with Gasteiger partial charge in [0.25, 0.3) is 11.8 Å². The summed E-state index contributed by atoms with van der Waals surface area (Å²) in [6.07, 6.45) is 0.162. The van der Waals surface area contributed by atoms with Crippen LogP contribution in [-0.4, -0.2) is 125 Å². The number of esters is 3. The van der Waals surface area contributed by atoms with E-state index in [-0.39, 0.29) is 64.1 Å². The third-order valence-electron chi connectivity index (χ3n) is 6.95. The minimum Gasteiger partial charge on any atom is -0.461 e. The lowest BCUT2D eigenvalue weighted by atomic mass is 10.0. The van der Waals surface area contributed by atoms with Crippen molar-refractivity contribution >= 4 is 47.4 Å². The van der Waals surface area contributed by atoms with Gasteiger partial charge in [0.2, 0.25) is 5.91 Å². The number of hydrogen-bond acceptors (Lipinski definition) is 14. The highest BCUT2D eigenvalue weighted by Gasteiger charge is 2.54. The highest BCUT2D eigenvalue weighted by Crippen LogP contribution is 2.40. The lowest BCUT2D eigenvalue weighted by Crippen LogP contribution is -2.70. The first-order valence-electron chi connectivity index (χ1n) is 15.1. The molecule has 0 bridgehead atoms. The molecule has 0 aromatic heterocycles. The molecule has 16 nitrogen and oxygen atoms in total. The number of fused-ring (bicyclic) bond motifs is 1. The van der Waals surface area contributed by atoms with Crippen molar-refractivity contribution < 1.29 is 61.9 Å². The zero-order chi connectivity index (χ0) is 34.9.